The van der Waals surface area contributed by atoms with Gasteiger partial charge in [0, 0.05) is 7.05 Å². The topological polar surface area (TPSA) is 75.6 Å². The Hall–Kier alpha value is -1.52. The van der Waals surface area contributed by atoms with Gasteiger partial charge in [-0.2, -0.15) is 0 Å². The van der Waals surface area contributed by atoms with Gasteiger partial charge in [0.1, 0.15) is 6.61 Å². The van der Waals surface area contributed by atoms with Crippen molar-refractivity contribution in [3.05, 3.63) is 12.2 Å². The first-order valence-corrected chi connectivity index (χ1v) is 2.83. The van der Waals surface area contributed by atoms with Crippen LogP contribution in [0.5, 0.6) is 0 Å². The monoisotopic (exact) mass is 159 g/mol. The number of carboxylic acids is 1. The zero-order valence-corrected chi connectivity index (χ0v) is 6.09. The van der Waals surface area contributed by atoms with Gasteiger partial charge >= 0.3 is 12.1 Å². The van der Waals surface area contributed by atoms with E-state index in [4.69, 9.17) is 5.11 Å². The van der Waals surface area contributed by atoms with Crippen molar-refractivity contribution < 1.29 is 19.4 Å². The highest BCUT2D eigenvalue weighted by molar-refractivity contribution is 5.86. The molecule has 0 spiro atoms. The third-order valence-corrected chi connectivity index (χ3v) is 0.884. The molecule has 0 radical (unpaired) electrons. The van der Waals surface area contributed by atoms with Gasteiger partial charge in [-0.1, -0.05) is 6.58 Å². The lowest BCUT2D eigenvalue weighted by Gasteiger charge is -2.01. The molecule has 62 valence electrons. The number of rotatable bonds is 3. The molecule has 0 bridgehead atoms. The van der Waals surface area contributed by atoms with Gasteiger partial charge in [-0.15, -0.1) is 0 Å². The molecule has 0 aliphatic carbocycles. The molecule has 0 saturated carbocycles. The average Bonchev–Trinajstić information content (AvgIpc) is 1.99. The highest BCUT2D eigenvalue weighted by atomic mass is 16.5. The van der Waals surface area contributed by atoms with Crippen LogP contribution >= 0.6 is 0 Å². The lowest BCUT2D eigenvalue weighted by molar-refractivity contribution is -0.133. The number of carboxylic acid groups (broad SMARTS) is 1. The van der Waals surface area contributed by atoms with Gasteiger partial charge in [0.2, 0.25) is 0 Å². The normalized spacial score (nSPS) is 8.45. The Bertz CT molecular complexity index is 187. The van der Waals surface area contributed by atoms with E-state index in [9.17, 15) is 9.59 Å². The number of carbonyl (C=O) groups excluding carboxylic acids is 1. The molecular formula is C6H9NO4. The molecule has 0 aromatic heterocycles. The lowest BCUT2D eigenvalue weighted by atomic mass is 10.3. The zero-order chi connectivity index (χ0) is 8.85. The highest BCUT2D eigenvalue weighted by Gasteiger charge is 2.05. The molecule has 0 unspecified atom stereocenters. The van der Waals surface area contributed by atoms with Gasteiger partial charge in [-0.3, -0.25) is 0 Å². The number of aliphatic carboxylic acids is 1. The minimum atomic E-state index is -1.17. The average molecular weight is 159 g/mol. The molecule has 0 fully saturated rings. The van der Waals surface area contributed by atoms with Gasteiger partial charge in [0.25, 0.3) is 0 Å². The van der Waals surface area contributed by atoms with E-state index in [0.29, 0.717) is 0 Å². The number of hydrogen-bond donors (Lipinski definition) is 2. The fourth-order valence-electron chi connectivity index (χ4n) is 0.287. The molecule has 0 saturated heterocycles. The molecule has 0 aromatic carbocycles. The highest BCUT2D eigenvalue weighted by Crippen LogP contribution is 1.90. The predicted molar refractivity (Wildman–Crippen MR) is 37.2 cm³/mol. The number of amides is 1. The van der Waals surface area contributed by atoms with Crippen LogP contribution in [-0.4, -0.2) is 30.8 Å². The molecule has 0 aliphatic rings. The lowest BCUT2D eigenvalue weighted by Crippen LogP contribution is -2.21. The van der Waals surface area contributed by atoms with Crippen LogP contribution in [0.1, 0.15) is 0 Å². The van der Waals surface area contributed by atoms with E-state index in [0.717, 1.165) is 0 Å². The molecule has 1 amide bonds. The van der Waals surface area contributed by atoms with E-state index in [1.807, 2.05) is 0 Å². The second-order valence-electron chi connectivity index (χ2n) is 1.73. The van der Waals surface area contributed by atoms with Crippen molar-refractivity contribution in [1.82, 2.24) is 5.32 Å². The van der Waals surface area contributed by atoms with E-state index in [1.54, 1.807) is 0 Å². The molecule has 11 heavy (non-hydrogen) atoms. The van der Waals surface area contributed by atoms with Crippen molar-refractivity contribution in [1.29, 1.82) is 0 Å². The second kappa shape index (κ2) is 4.32. The Balaban J connectivity index is 3.63. The van der Waals surface area contributed by atoms with E-state index < -0.39 is 12.1 Å². The van der Waals surface area contributed by atoms with Crippen molar-refractivity contribution in [3.63, 3.8) is 0 Å². The Morgan fingerprint density at radius 3 is 2.55 bits per heavy atom. The van der Waals surface area contributed by atoms with Crippen LogP contribution in [0.2, 0.25) is 0 Å². The van der Waals surface area contributed by atoms with E-state index in [-0.39, 0.29) is 12.2 Å². The Morgan fingerprint density at radius 1 is 1.64 bits per heavy atom. The number of ether oxygens (including phenoxy) is 1. The Labute approximate surface area is 63.7 Å². The second-order valence-corrected chi connectivity index (χ2v) is 1.73. The van der Waals surface area contributed by atoms with E-state index >= 15 is 0 Å². The summed E-state index contributed by atoms with van der Waals surface area (Å²) in [5.41, 5.74) is -0.159. The largest absolute Gasteiger partial charge is 0.478 e. The van der Waals surface area contributed by atoms with Crippen LogP contribution < -0.4 is 5.32 Å². The standard InChI is InChI=1S/C6H9NO4/c1-4(5(8)9)3-11-6(10)7-2/h1,3H2,2H3,(H,7,10)(H,8,9). The maximum absolute atomic E-state index is 10.4. The number of alkyl carbamates (subject to hydrolysis) is 1. The first-order valence-electron chi connectivity index (χ1n) is 2.83. The van der Waals surface area contributed by atoms with Gasteiger partial charge in [0.15, 0.2) is 0 Å². The first-order chi connectivity index (χ1) is 5.07. The minimum Gasteiger partial charge on any atom is -0.478 e. The summed E-state index contributed by atoms with van der Waals surface area (Å²) in [6, 6.07) is 0. The molecule has 2 N–H and O–H groups in total. The number of hydrogen-bond acceptors (Lipinski definition) is 3. The molecule has 0 rings (SSSR count). The number of nitrogens with one attached hydrogen (secondary N) is 1. The summed E-state index contributed by atoms with van der Waals surface area (Å²) in [6.45, 7) is 2.86. The molecular weight excluding hydrogens is 150 g/mol. The molecule has 0 heterocycles. The fourth-order valence-corrected chi connectivity index (χ4v) is 0.287. The third kappa shape index (κ3) is 3.96. The SMILES string of the molecule is C=C(COC(=O)NC)C(=O)O. The minimum absolute atomic E-state index is 0.159. The van der Waals surface area contributed by atoms with Crippen LogP contribution in [0, 0.1) is 0 Å². The molecule has 0 aliphatic heterocycles. The van der Waals surface area contributed by atoms with E-state index in [1.165, 1.54) is 7.05 Å². The van der Waals surface area contributed by atoms with Gasteiger partial charge in [0.05, 0.1) is 5.57 Å². The van der Waals surface area contributed by atoms with Crippen LogP contribution in [0.4, 0.5) is 4.79 Å². The van der Waals surface area contributed by atoms with Crippen LogP contribution in [0.3, 0.4) is 0 Å². The Morgan fingerprint density at radius 2 is 2.18 bits per heavy atom. The van der Waals surface area contributed by atoms with Gasteiger partial charge in [-0.25, -0.2) is 9.59 Å². The zero-order valence-electron chi connectivity index (χ0n) is 6.09. The quantitative estimate of drug-likeness (QED) is 0.567. The van der Waals surface area contributed by atoms with Crippen LogP contribution in [-0.2, 0) is 9.53 Å². The summed E-state index contributed by atoms with van der Waals surface area (Å²) < 4.78 is 4.38. The summed E-state index contributed by atoms with van der Waals surface area (Å²) in [5, 5.41) is 10.4. The summed E-state index contributed by atoms with van der Waals surface area (Å²) in [4.78, 5) is 20.5. The maximum atomic E-state index is 10.4. The maximum Gasteiger partial charge on any atom is 0.407 e. The fraction of sp³-hybridized carbons (Fsp3) is 0.333. The molecule has 0 atom stereocenters. The molecule has 5 nitrogen and oxygen atoms in total. The smallest absolute Gasteiger partial charge is 0.407 e. The van der Waals surface area contributed by atoms with Crippen molar-refractivity contribution in [2.45, 2.75) is 0 Å². The third-order valence-electron chi connectivity index (χ3n) is 0.884. The first kappa shape index (κ1) is 9.48. The van der Waals surface area contributed by atoms with Crippen molar-refractivity contribution in [2.75, 3.05) is 13.7 Å². The van der Waals surface area contributed by atoms with E-state index in [2.05, 4.69) is 16.6 Å². The van der Waals surface area contributed by atoms with Gasteiger partial charge < -0.3 is 15.2 Å². The summed E-state index contributed by atoms with van der Waals surface area (Å²) >= 11 is 0. The summed E-state index contributed by atoms with van der Waals surface area (Å²) in [7, 11) is 1.38. The van der Waals surface area contributed by atoms with Crippen LogP contribution in [0.25, 0.3) is 0 Å². The summed E-state index contributed by atoms with van der Waals surface area (Å²) in [5.74, 6) is -1.17. The van der Waals surface area contributed by atoms with Crippen LogP contribution in [0.15, 0.2) is 12.2 Å². The summed E-state index contributed by atoms with van der Waals surface area (Å²) in [6.07, 6.45) is -0.674. The molecule has 5 heteroatoms. The van der Waals surface area contributed by atoms with Gasteiger partial charge in [-0.05, 0) is 0 Å². The van der Waals surface area contributed by atoms with Crippen molar-refractivity contribution >= 4 is 12.1 Å². The number of carbonyl (C=O) groups is 2. The van der Waals surface area contributed by atoms with Crippen molar-refractivity contribution in [3.8, 4) is 0 Å². The Kier molecular flexibility index (Phi) is 3.72. The predicted octanol–water partition coefficient (Wildman–Crippen LogP) is -0.0168. The molecule has 0 aromatic rings. The van der Waals surface area contributed by atoms with Crippen molar-refractivity contribution in [2.24, 2.45) is 0 Å².